The molecule has 3 aromatic rings. The lowest BCUT2D eigenvalue weighted by molar-refractivity contribution is 0.00536. The van der Waals surface area contributed by atoms with Crippen LogP contribution in [-0.4, -0.2) is 22.3 Å². The van der Waals surface area contributed by atoms with Crippen LogP contribution >= 0.6 is 11.3 Å². The fourth-order valence-electron chi connectivity index (χ4n) is 3.39. The van der Waals surface area contributed by atoms with E-state index >= 15 is 0 Å². The molecule has 1 fully saturated rings. The predicted octanol–water partition coefficient (Wildman–Crippen LogP) is 4.31. The van der Waals surface area contributed by atoms with E-state index in [1.807, 2.05) is 5.38 Å². The van der Waals surface area contributed by atoms with E-state index in [0.29, 0.717) is 6.54 Å². The van der Waals surface area contributed by atoms with Gasteiger partial charge in [-0.3, -0.25) is 9.36 Å². The van der Waals surface area contributed by atoms with Crippen molar-refractivity contribution in [1.82, 2.24) is 9.55 Å². The predicted molar refractivity (Wildman–Crippen MR) is 102 cm³/mol. The van der Waals surface area contributed by atoms with Gasteiger partial charge in [0.1, 0.15) is 4.83 Å². The first-order valence-corrected chi connectivity index (χ1v) is 9.67. The van der Waals surface area contributed by atoms with Crippen LogP contribution in [-0.2, 0) is 11.3 Å². The smallest absolute Gasteiger partial charge is 0.262 e. The van der Waals surface area contributed by atoms with Gasteiger partial charge in [0.25, 0.3) is 5.56 Å². The van der Waals surface area contributed by atoms with Crippen LogP contribution in [0.3, 0.4) is 0 Å². The molecule has 1 unspecified atom stereocenters. The molecule has 4 rings (SSSR count). The quantitative estimate of drug-likeness (QED) is 0.704. The van der Waals surface area contributed by atoms with Crippen LogP contribution < -0.4 is 5.56 Å². The summed E-state index contributed by atoms with van der Waals surface area (Å²) in [6, 6.07) is 6.35. The van der Waals surface area contributed by atoms with Crippen molar-refractivity contribution in [3.8, 4) is 11.1 Å². The molecule has 0 bridgehead atoms. The molecule has 25 heavy (non-hydrogen) atoms. The van der Waals surface area contributed by atoms with Crippen molar-refractivity contribution in [2.75, 3.05) is 6.61 Å². The number of benzene rings is 1. The summed E-state index contributed by atoms with van der Waals surface area (Å²) in [6.07, 6.45) is 5.09. The molecule has 1 aliphatic heterocycles. The molecule has 0 amide bonds. The van der Waals surface area contributed by atoms with Crippen molar-refractivity contribution in [2.45, 2.75) is 45.8 Å². The van der Waals surface area contributed by atoms with Gasteiger partial charge in [0.2, 0.25) is 0 Å². The minimum atomic E-state index is 0.0358. The van der Waals surface area contributed by atoms with Gasteiger partial charge in [0.15, 0.2) is 0 Å². The Bertz CT molecular complexity index is 967. The summed E-state index contributed by atoms with van der Waals surface area (Å²) in [5.41, 5.74) is 4.60. The molecule has 0 radical (unpaired) electrons. The number of hydrogen-bond acceptors (Lipinski definition) is 4. The van der Waals surface area contributed by atoms with Crippen molar-refractivity contribution < 1.29 is 4.74 Å². The van der Waals surface area contributed by atoms with E-state index in [9.17, 15) is 4.79 Å². The number of fused-ring (bicyclic) bond motifs is 1. The van der Waals surface area contributed by atoms with Crippen molar-refractivity contribution in [1.29, 1.82) is 0 Å². The monoisotopic (exact) mass is 354 g/mol. The molecular weight excluding hydrogens is 332 g/mol. The summed E-state index contributed by atoms with van der Waals surface area (Å²) in [6.45, 7) is 5.58. The van der Waals surface area contributed by atoms with E-state index in [1.165, 1.54) is 28.9 Å². The molecule has 1 aliphatic rings. The Morgan fingerprint density at radius 3 is 2.92 bits per heavy atom. The average Bonchev–Trinajstić information content (AvgIpc) is 3.06. The summed E-state index contributed by atoms with van der Waals surface area (Å²) < 4.78 is 7.51. The van der Waals surface area contributed by atoms with Gasteiger partial charge in [-0.1, -0.05) is 18.2 Å². The Hall–Kier alpha value is -1.98. The molecule has 4 nitrogen and oxygen atoms in total. The van der Waals surface area contributed by atoms with Gasteiger partial charge < -0.3 is 4.74 Å². The number of aromatic nitrogens is 2. The summed E-state index contributed by atoms with van der Waals surface area (Å²) in [5, 5.41) is 2.77. The van der Waals surface area contributed by atoms with E-state index in [1.54, 1.807) is 10.9 Å². The number of thiophene rings is 1. The zero-order valence-electron chi connectivity index (χ0n) is 14.6. The third-order valence-electron chi connectivity index (χ3n) is 5.05. The van der Waals surface area contributed by atoms with Crippen molar-refractivity contribution in [3.63, 3.8) is 0 Å². The fraction of sp³-hybridized carbons (Fsp3) is 0.400. The minimum absolute atomic E-state index is 0.0358. The van der Waals surface area contributed by atoms with Crippen molar-refractivity contribution in [2.24, 2.45) is 0 Å². The molecule has 0 aliphatic carbocycles. The lowest BCUT2D eigenvalue weighted by Gasteiger charge is -2.23. The number of rotatable bonds is 3. The van der Waals surface area contributed by atoms with Gasteiger partial charge in [-0.2, -0.15) is 0 Å². The van der Waals surface area contributed by atoms with Gasteiger partial charge in [-0.05, 0) is 49.8 Å². The maximum atomic E-state index is 13.1. The van der Waals surface area contributed by atoms with Crippen LogP contribution in [0.5, 0.6) is 0 Å². The summed E-state index contributed by atoms with van der Waals surface area (Å²) in [4.78, 5) is 18.4. The molecule has 5 heteroatoms. The Balaban J connectivity index is 1.77. The Morgan fingerprint density at radius 2 is 2.16 bits per heavy atom. The first-order chi connectivity index (χ1) is 12.1. The normalized spacial score (nSPS) is 17.9. The second-order valence-corrected chi connectivity index (χ2v) is 7.68. The molecule has 1 aromatic carbocycles. The first-order valence-electron chi connectivity index (χ1n) is 8.79. The highest BCUT2D eigenvalue weighted by Crippen LogP contribution is 2.31. The highest BCUT2D eigenvalue weighted by molar-refractivity contribution is 7.17. The summed E-state index contributed by atoms with van der Waals surface area (Å²) in [7, 11) is 0. The first kappa shape index (κ1) is 16.5. The van der Waals surface area contributed by atoms with Crippen molar-refractivity contribution >= 4 is 21.6 Å². The number of aryl methyl sites for hydroxylation is 2. The van der Waals surface area contributed by atoms with Gasteiger partial charge in [-0.25, -0.2) is 4.98 Å². The Morgan fingerprint density at radius 1 is 1.28 bits per heavy atom. The minimum Gasteiger partial charge on any atom is -0.376 e. The van der Waals surface area contributed by atoms with E-state index in [2.05, 4.69) is 37.0 Å². The third kappa shape index (κ3) is 3.14. The molecule has 2 aromatic heterocycles. The second kappa shape index (κ2) is 6.73. The maximum absolute atomic E-state index is 13.1. The number of hydrogen-bond donors (Lipinski definition) is 0. The topological polar surface area (TPSA) is 44.1 Å². The lowest BCUT2D eigenvalue weighted by Crippen LogP contribution is -2.30. The summed E-state index contributed by atoms with van der Waals surface area (Å²) >= 11 is 1.53. The molecule has 1 atom stereocenters. The van der Waals surface area contributed by atoms with Gasteiger partial charge >= 0.3 is 0 Å². The van der Waals surface area contributed by atoms with Gasteiger partial charge in [0.05, 0.1) is 24.4 Å². The molecule has 1 saturated heterocycles. The standard InChI is InChI=1S/C20H22N2O2S/c1-13-6-7-15(9-14(13)2)17-11-25-19-18(17)20(23)22(12-21-19)10-16-5-3-4-8-24-16/h6-7,9,11-12,16H,3-5,8,10H2,1-2H3. The largest absolute Gasteiger partial charge is 0.376 e. The second-order valence-electron chi connectivity index (χ2n) is 6.82. The zero-order valence-corrected chi connectivity index (χ0v) is 15.4. The van der Waals surface area contributed by atoms with E-state index in [-0.39, 0.29) is 11.7 Å². The Labute approximate surface area is 151 Å². The average molecular weight is 354 g/mol. The summed E-state index contributed by atoms with van der Waals surface area (Å²) in [5.74, 6) is 0. The highest BCUT2D eigenvalue weighted by Gasteiger charge is 2.18. The molecule has 0 saturated carbocycles. The highest BCUT2D eigenvalue weighted by atomic mass is 32.1. The Kier molecular flexibility index (Phi) is 4.44. The van der Waals surface area contributed by atoms with Crippen LogP contribution in [0.1, 0.15) is 30.4 Å². The van der Waals surface area contributed by atoms with Crippen molar-refractivity contribution in [3.05, 3.63) is 51.4 Å². The third-order valence-corrected chi connectivity index (χ3v) is 5.94. The molecule has 130 valence electrons. The SMILES string of the molecule is Cc1ccc(-c2csc3ncn(CC4CCCCO4)c(=O)c23)cc1C. The number of ether oxygens (including phenoxy) is 1. The number of nitrogens with zero attached hydrogens (tertiary/aromatic N) is 2. The molecule has 0 spiro atoms. The van der Waals surface area contributed by atoms with Gasteiger partial charge in [-0.15, -0.1) is 11.3 Å². The molecule has 3 heterocycles. The van der Waals surface area contributed by atoms with Gasteiger partial charge in [0, 0.05) is 17.6 Å². The van der Waals surface area contributed by atoms with E-state index in [4.69, 9.17) is 4.74 Å². The fourth-order valence-corrected chi connectivity index (χ4v) is 4.30. The van der Waals surface area contributed by atoms with Crippen LogP contribution in [0.15, 0.2) is 34.7 Å². The van der Waals surface area contributed by atoms with E-state index < -0.39 is 0 Å². The lowest BCUT2D eigenvalue weighted by atomic mass is 10.0. The molecule has 0 N–H and O–H groups in total. The van der Waals surface area contributed by atoms with Crippen LogP contribution in [0.2, 0.25) is 0 Å². The zero-order chi connectivity index (χ0) is 17.4. The van der Waals surface area contributed by atoms with Crippen LogP contribution in [0, 0.1) is 13.8 Å². The maximum Gasteiger partial charge on any atom is 0.262 e. The van der Waals surface area contributed by atoms with E-state index in [0.717, 1.165) is 40.8 Å². The van der Waals surface area contributed by atoms with Crippen LogP contribution in [0.4, 0.5) is 0 Å². The molecular formula is C20H22N2O2S. The van der Waals surface area contributed by atoms with Crippen LogP contribution in [0.25, 0.3) is 21.3 Å².